The van der Waals surface area contributed by atoms with E-state index in [1.807, 2.05) is 18.7 Å². The van der Waals surface area contributed by atoms with Crippen LogP contribution >= 0.6 is 0 Å². The lowest BCUT2D eigenvalue weighted by Gasteiger charge is -2.46. The zero-order valence-corrected chi connectivity index (χ0v) is 13.2. The average Bonchev–Trinajstić information content (AvgIpc) is 2.33. The Morgan fingerprint density at radius 1 is 1.35 bits per heavy atom. The van der Waals surface area contributed by atoms with Crippen LogP contribution in [-0.4, -0.2) is 34.8 Å². The van der Waals surface area contributed by atoms with Gasteiger partial charge in [0, 0.05) is 6.54 Å². The third-order valence-corrected chi connectivity index (χ3v) is 4.89. The molecule has 20 heavy (non-hydrogen) atoms. The van der Waals surface area contributed by atoms with E-state index in [2.05, 4.69) is 19.2 Å². The Kier molecular flexibility index (Phi) is 4.40. The van der Waals surface area contributed by atoms with Gasteiger partial charge in [0.2, 0.25) is 11.8 Å². The highest BCUT2D eigenvalue weighted by Crippen LogP contribution is 2.31. The van der Waals surface area contributed by atoms with Crippen molar-refractivity contribution < 1.29 is 9.59 Å². The molecule has 0 spiro atoms. The molecule has 1 N–H and O–H groups in total. The lowest BCUT2D eigenvalue weighted by Crippen LogP contribution is -2.69. The van der Waals surface area contributed by atoms with Crippen molar-refractivity contribution in [3.05, 3.63) is 0 Å². The summed E-state index contributed by atoms with van der Waals surface area (Å²) in [6, 6.07) is -0.275. The Morgan fingerprint density at radius 3 is 2.45 bits per heavy atom. The predicted molar refractivity (Wildman–Crippen MR) is 79.1 cm³/mol. The summed E-state index contributed by atoms with van der Waals surface area (Å²) in [6.07, 6.45) is 5.06. The van der Waals surface area contributed by atoms with Crippen LogP contribution in [0.25, 0.3) is 0 Å². The monoisotopic (exact) mass is 280 g/mol. The maximum absolute atomic E-state index is 12.8. The van der Waals surface area contributed by atoms with Crippen molar-refractivity contribution in [3.63, 3.8) is 0 Å². The van der Waals surface area contributed by atoms with E-state index in [-0.39, 0.29) is 17.9 Å². The van der Waals surface area contributed by atoms with Crippen molar-refractivity contribution in [2.75, 3.05) is 6.54 Å². The molecule has 2 fully saturated rings. The molecule has 2 atom stereocenters. The third kappa shape index (κ3) is 2.84. The van der Waals surface area contributed by atoms with Crippen LogP contribution in [0.1, 0.15) is 59.8 Å². The number of nitrogens with one attached hydrogen (secondary N) is 1. The standard InChI is InChI=1S/C16H28N2O2/c1-5-16(4)15(20)18(10-12-7-6-8-12)13(9-11(2)3)14(19)17-16/h11-13H,5-10H2,1-4H3,(H,17,19). The summed E-state index contributed by atoms with van der Waals surface area (Å²) in [5.74, 6) is 1.15. The molecule has 2 rings (SSSR count). The number of hydrogen-bond donors (Lipinski definition) is 1. The van der Waals surface area contributed by atoms with Crippen LogP contribution in [0.3, 0.4) is 0 Å². The molecular weight excluding hydrogens is 252 g/mol. The van der Waals surface area contributed by atoms with Gasteiger partial charge in [0.1, 0.15) is 11.6 Å². The van der Waals surface area contributed by atoms with Gasteiger partial charge in [-0.05, 0) is 44.4 Å². The molecular formula is C16H28N2O2. The van der Waals surface area contributed by atoms with E-state index >= 15 is 0 Å². The van der Waals surface area contributed by atoms with Crippen molar-refractivity contribution in [1.82, 2.24) is 10.2 Å². The fourth-order valence-electron chi connectivity index (χ4n) is 3.09. The number of rotatable bonds is 5. The van der Waals surface area contributed by atoms with Gasteiger partial charge in [0.05, 0.1) is 0 Å². The van der Waals surface area contributed by atoms with Gasteiger partial charge in [-0.3, -0.25) is 9.59 Å². The highest BCUT2D eigenvalue weighted by molar-refractivity contribution is 5.99. The van der Waals surface area contributed by atoms with E-state index in [0.29, 0.717) is 18.3 Å². The Morgan fingerprint density at radius 2 is 2.00 bits per heavy atom. The predicted octanol–water partition coefficient (Wildman–Crippen LogP) is 2.33. The summed E-state index contributed by atoms with van der Waals surface area (Å²) in [7, 11) is 0. The Balaban J connectivity index is 2.20. The van der Waals surface area contributed by atoms with E-state index < -0.39 is 5.54 Å². The molecule has 1 saturated heterocycles. The lowest BCUT2D eigenvalue weighted by atomic mass is 9.82. The summed E-state index contributed by atoms with van der Waals surface area (Å²) in [4.78, 5) is 27.1. The number of nitrogens with zero attached hydrogens (tertiary/aromatic N) is 1. The first-order valence-electron chi connectivity index (χ1n) is 8.00. The van der Waals surface area contributed by atoms with Crippen molar-refractivity contribution in [1.29, 1.82) is 0 Å². The summed E-state index contributed by atoms with van der Waals surface area (Å²) in [5, 5.41) is 2.96. The average molecular weight is 280 g/mol. The van der Waals surface area contributed by atoms with E-state index in [1.165, 1.54) is 19.3 Å². The molecule has 0 aromatic carbocycles. The second-order valence-corrected chi connectivity index (χ2v) is 7.07. The van der Waals surface area contributed by atoms with E-state index in [9.17, 15) is 9.59 Å². The van der Waals surface area contributed by atoms with Crippen molar-refractivity contribution in [3.8, 4) is 0 Å². The first-order valence-corrected chi connectivity index (χ1v) is 8.00. The van der Waals surface area contributed by atoms with E-state index in [0.717, 1.165) is 13.0 Å². The smallest absolute Gasteiger partial charge is 0.248 e. The zero-order chi connectivity index (χ0) is 14.9. The fourth-order valence-corrected chi connectivity index (χ4v) is 3.09. The zero-order valence-electron chi connectivity index (χ0n) is 13.2. The van der Waals surface area contributed by atoms with Gasteiger partial charge in [-0.25, -0.2) is 0 Å². The minimum atomic E-state index is -0.714. The first kappa shape index (κ1) is 15.3. The topological polar surface area (TPSA) is 49.4 Å². The van der Waals surface area contributed by atoms with Gasteiger partial charge < -0.3 is 10.2 Å². The van der Waals surface area contributed by atoms with Gasteiger partial charge in [0.25, 0.3) is 0 Å². The van der Waals surface area contributed by atoms with Crippen molar-refractivity contribution >= 4 is 11.8 Å². The Bertz CT molecular complexity index is 390. The minimum absolute atomic E-state index is 0.0296. The fraction of sp³-hybridized carbons (Fsp3) is 0.875. The minimum Gasteiger partial charge on any atom is -0.340 e. The highest BCUT2D eigenvalue weighted by atomic mass is 16.2. The number of carbonyl (C=O) groups is 2. The van der Waals surface area contributed by atoms with Crippen LogP contribution in [0, 0.1) is 11.8 Å². The van der Waals surface area contributed by atoms with Crippen LogP contribution < -0.4 is 5.32 Å². The van der Waals surface area contributed by atoms with Crippen LogP contribution in [-0.2, 0) is 9.59 Å². The van der Waals surface area contributed by atoms with Gasteiger partial charge in [-0.15, -0.1) is 0 Å². The van der Waals surface area contributed by atoms with Crippen molar-refractivity contribution in [2.24, 2.45) is 11.8 Å². The van der Waals surface area contributed by atoms with Crippen LogP contribution in [0.5, 0.6) is 0 Å². The number of amides is 2. The Labute approximate surface area is 122 Å². The van der Waals surface area contributed by atoms with Crippen LogP contribution in [0.2, 0.25) is 0 Å². The third-order valence-electron chi connectivity index (χ3n) is 4.89. The second-order valence-electron chi connectivity index (χ2n) is 7.07. The highest BCUT2D eigenvalue weighted by Gasteiger charge is 2.47. The molecule has 2 unspecified atom stereocenters. The molecule has 2 amide bonds. The largest absolute Gasteiger partial charge is 0.340 e. The quantitative estimate of drug-likeness (QED) is 0.840. The maximum atomic E-state index is 12.8. The molecule has 1 aliphatic carbocycles. The summed E-state index contributed by atoms with van der Waals surface area (Å²) >= 11 is 0. The number of piperazine rings is 1. The van der Waals surface area contributed by atoms with E-state index in [4.69, 9.17) is 0 Å². The van der Waals surface area contributed by atoms with E-state index in [1.54, 1.807) is 0 Å². The number of carbonyl (C=O) groups excluding carboxylic acids is 2. The van der Waals surface area contributed by atoms with Gasteiger partial charge in [-0.2, -0.15) is 0 Å². The van der Waals surface area contributed by atoms with Crippen LogP contribution in [0.15, 0.2) is 0 Å². The van der Waals surface area contributed by atoms with Crippen molar-refractivity contribution in [2.45, 2.75) is 71.4 Å². The maximum Gasteiger partial charge on any atom is 0.248 e. The normalized spacial score (nSPS) is 31.4. The van der Waals surface area contributed by atoms with Gasteiger partial charge in [0.15, 0.2) is 0 Å². The number of hydrogen-bond acceptors (Lipinski definition) is 2. The summed E-state index contributed by atoms with van der Waals surface area (Å²) in [6.45, 7) is 8.79. The molecule has 0 radical (unpaired) electrons. The summed E-state index contributed by atoms with van der Waals surface area (Å²) in [5.41, 5.74) is -0.714. The molecule has 114 valence electrons. The van der Waals surface area contributed by atoms with Crippen LogP contribution in [0.4, 0.5) is 0 Å². The Hall–Kier alpha value is -1.06. The molecule has 4 heteroatoms. The SMILES string of the molecule is CCC1(C)NC(=O)C(CC(C)C)N(CC2CCC2)C1=O. The molecule has 2 aliphatic rings. The molecule has 1 aliphatic heterocycles. The van der Waals surface area contributed by atoms with Gasteiger partial charge in [-0.1, -0.05) is 27.2 Å². The molecule has 1 saturated carbocycles. The lowest BCUT2D eigenvalue weighted by molar-refractivity contribution is -0.156. The first-order chi connectivity index (χ1) is 9.37. The summed E-state index contributed by atoms with van der Waals surface area (Å²) < 4.78 is 0. The molecule has 0 aromatic rings. The molecule has 0 aromatic heterocycles. The molecule has 0 bridgehead atoms. The van der Waals surface area contributed by atoms with Gasteiger partial charge >= 0.3 is 0 Å². The molecule has 1 heterocycles. The molecule has 4 nitrogen and oxygen atoms in total. The second kappa shape index (κ2) is 5.74.